The summed E-state index contributed by atoms with van der Waals surface area (Å²) >= 11 is 0. The predicted molar refractivity (Wildman–Crippen MR) is 81.7 cm³/mol. The third kappa shape index (κ3) is 2.52. The lowest BCUT2D eigenvalue weighted by atomic mass is 10.1. The first-order valence-corrected chi connectivity index (χ1v) is 6.74. The molecule has 1 aromatic carbocycles. The van der Waals surface area contributed by atoms with E-state index in [-0.39, 0.29) is 17.6 Å². The van der Waals surface area contributed by atoms with E-state index in [9.17, 15) is 19.1 Å². The highest BCUT2D eigenvalue weighted by Crippen LogP contribution is 2.25. The number of nitrogens with zero attached hydrogens (tertiary/aromatic N) is 2. The van der Waals surface area contributed by atoms with Gasteiger partial charge in [0.1, 0.15) is 22.8 Å². The van der Waals surface area contributed by atoms with Crippen LogP contribution >= 0.6 is 0 Å². The van der Waals surface area contributed by atoms with Gasteiger partial charge in [-0.15, -0.1) is 0 Å². The third-order valence-corrected chi connectivity index (χ3v) is 3.49. The first kappa shape index (κ1) is 14.7. The van der Waals surface area contributed by atoms with E-state index in [0.717, 1.165) is 0 Å². The Labute approximate surface area is 129 Å². The minimum atomic E-state index is -1.02. The highest BCUT2D eigenvalue weighted by molar-refractivity contribution is 6.00. The van der Waals surface area contributed by atoms with Crippen molar-refractivity contribution in [1.29, 1.82) is 0 Å². The fraction of sp³-hybridized carbons (Fsp3) is 0.0625. The summed E-state index contributed by atoms with van der Waals surface area (Å²) in [6, 6.07) is 8.68. The largest absolute Gasteiger partial charge is 0.506 e. The fourth-order valence-electron chi connectivity index (χ4n) is 2.41. The van der Waals surface area contributed by atoms with Crippen molar-refractivity contribution in [1.82, 2.24) is 9.55 Å². The molecule has 116 valence electrons. The summed E-state index contributed by atoms with van der Waals surface area (Å²) in [5, 5.41) is 10.4. The van der Waals surface area contributed by atoms with Crippen molar-refractivity contribution in [2.45, 2.75) is 6.54 Å². The highest BCUT2D eigenvalue weighted by atomic mass is 19.1. The van der Waals surface area contributed by atoms with Crippen LogP contribution in [0, 0.1) is 5.82 Å². The first-order valence-electron chi connectivity index (χ1n) is 6.74. The fourth-order valence-corrected chi connectivity index (χ4v) is 2.41. The zero-order valence-corrected chi connectivity index (χ0v) is 11.9. The van der Waals surface area contributed by atoms with Crippen molar-refractivity contribution < 1.29 is 14.3 Å². The van der Waals surface area contributed by atoms with Crippen LogP contribution in [0.2, 0.25) is 0 Å². The SMILES string of the molecule is NC(=O)c1c(O)c2cccnc2n(Cc2ccc(F)cc2)c1=O. The zero-order valence-electron chi connectivity index (χ0n) is 11.9. The van der Waals surface area contributed by atoms with Gasteiger partial charge in [0, 0.05) is 6.20 Å². The molecule has 0 fully saturated rings. The van der Waals surface area contributed by atoms with E-state index in [2.05, 4.69) is 4.98 Å². The standard InChI is InChI=1S/C16H12FN3O3/c17-10-5-3-9(4-6-10)8-20-15-11(2-1-7-19-15)13(21)12(14(18)22)16(20)23/h1-7,21H,8H2,(H2,18,22). The molecule has 3 rings (SSSR count). The Bertz CT molecular complexity index is 965. The van der Waals surface area contributed by atoms with Gasteiger partial charge in [0.15, 0.2) is 0 Å². The zero-order chi connectivity index (χ0) is 16.6. The second-order valence-electron chi connectivity index (χ2n) is 4.98. The van der Waals surface area contributed by atoms with Gasteiger partial charge >= 0.3 is 0 Å². The van der Waals surface area contributed by atoms with Gasteiger partial charge in [-0.05, 0) is 29.8 Å². The molecule has 0 unspecified atom stereocenters. The van der Waals surface area contributed by atoms with Crippen molar-refractivity contribution in [2.24, 2.45) is 5.73 Å². The van der Waals surface area contributed by atoms with E-state index in [0.29, 0.717) is 5.56 Å². The van der Waals surface area contributed by atoms with E-state index in [4.69, 9.17) is 5.73 Å². The average molecular weight is 313 g/mol. The van der Waals surface area contributed by atoms with Gasteiger partial charge in [0.2, 0.25) is 0 Å². The van der Waals surface area contributed by atoms with Crippen molar-refractivity contribution in [3.63, 3.8) is 0 Å². The second kappa shape index (κ2) is 5.53. The number of aromatic hydroxyl groups is 1. The van der Waals surface area contributed by atoms with Crippen LogP contribution in [-0.2, 0) is 6.54 Å². The number of halogens is 1. The van der Waals surface area contributed by atoms with Gasteiger partial charge in [-0.1, -0.05) is 12.1 Å². The van der Waals surface area contributed by atoms with Crippen LogP contribution in [0.3, 0.4) is 0 Å². The van der Waals surface area contributed by atoms with Crippen molar-refractivity contribution in [2.75, 3.05) is 0 Å². The van der Waals surface area contributed by atoms with Crippen molar-refractivity contribution in [3.8, 4) is 5.75 Å². The van der Waals surface area contributed by atoms with E-state index in [1.54, 1.807) is 6.07 Å². The van der Waals surface area contributed by atoms with Crippen LogP contribution in [0.4, 0.5) is 4.39 Å². The number of hydrogen-bond acceptors (Lipinski definition) is 4. The molecular formula is C16H12FN3O3. The minimum absolute atomic E-state index is 0.0627. The summed E-state index contributed by atoms with van der Waals surface area (Å²) in [6.45, 7) is 0.0627. The van der Waals surface area contributed by atoms with Crippen molar-refractivity contribution >= 4 is 16.9 Å². The lowest BCUT2D eigenvalue weighted by Gasteiger charge is -2.13. The number of fused-ring (bicyclic) bond motifs is 1. The molecule has 0 atom stereocenters. The number of amides is 1. The van der Waals surface area contributed by atoms with E-state index >= 15 is 0 Å². The summed E-state index contributed by atoms with van der Waals surface area (Å²) in [4.78, 5) is 28.1. The second-order valence-corrected chi connectivity index (χ2v) is 4.98. The molecule has 0 aliphatic carbocycles. The van der Waals surface area contributed by atoms with E-state index in [1.165, 1.54) is 41.1 Å². The van der Waals surface area contributed by atoms with Crippen LogP contribution in [0.25, 0.3) is 11.0 Å². The Balaban J connectivity index is 2.28. The number of aromatic nitrogens is 2. The Kier molecular flexibility index (Phi) is 3.53. The van der Waals surface area contributed by atoms with Gasteiger partial charge < -0.3 is 10.8 Å². The number of rotatable bonds is 3. The van der Waals surface area contributed by atoms with Gasteiger partial charge in [0.25, 0.3) is 11.5 Å². The topological polar surface area (TPSA) is 98.2 Å². The molecule has 0 aliphatic rings. The summed E-state index contributed by atoms with van der Waals surface area (Å²) < 4.78 is 14.2. The smallest absolute Gasteiger partial charge is 0.269 e. The quantitative estimate of drug-likeness (QED) is 0.763. The Hall–Kier alpha value is -3.22. The van der Waals surface area contributed by atoms with Crippen LogP contribution in [0.1, 0.15) is 15.9 Å². The number of nitrogens with two attached hydrogens (primary N) is 1. The predicted octanol–water partition coefficient (Wildman–Crippen LogP) is 1.39. The maximum atomic E-state index is 13.0. The average Bonchev–Trinajstić information content (AvgIpc) is 2.53. The normalized spacial score (nSPS) is 10.8. The van der Waals surface area contributed by atoms with Gasteiger partial charge in [-0.25, -0.2) is 9.37 Å². The van der Waals surface area contributed by atoms with E-state index < -0.39 is 28.6 Å². The van der Waals surface area contributed by atoms with Gasteiger partial charge in [-0.2, -0.15) is 0 Å². The minimum Gasteiger partial charge on any atom is -0.506 e. The number of pyridine rings is 2. The molecule has 0 aliphatic heterocycles. The van der Waals surface area contributed by atoms with Gasteiger partial charge in [0.05, 0.1) is 11.9 Å². The Morgan fingerprint density at radius 1 is 1.26 bits per heavy atom. The van der Waals surface area contributed by atoms with Crippen LogP contribution in [0.15, 0.2) is 47.4 Å². The first-order chi connectivity index (χ1) is 11.0. The highest BCUT2D eigenvalue weighted by Gasteiger charge is 2.20. The number of benzene rings is 1. The molecule has 6 nitrogen and oxygen atoms in total. The summed E-state index contributed by atoms with van der Waals surface area (Å²) in [6.07, 6.45) is 1.46. The molecule has 0 saturated carbocycles. The maximum Gasteiger partial charge on any atom is 0.269 e. The van der Waals surface area contributed by atoms with Crippen LogP contribution < -0.4 is 11.3 Å². The Morgan fingerprint density at radius 3 is 2.61 bits per heavy atom. The molecule has 23 heavy (non-hydrogen) atoms. The number of primary amides is 1. The van der Waals surface area contributed by atoms with Crippen LogP contribution in [0.5, 0.6) is 5.75 Å². The molecule has 0 radical (unpaired) electrons. The lowest BCUT2D eigenvalue weighted by Crippen LogP contribution is -2.30. The monoisotopic (exact) mass is 313 g/mol. The molecule has 3 aromatic rings. The number of carbonyl (C=O) groups excluding carboxylic acids is 1. The summed E-state index contributed by atoms with van der Waals surface area (Å²) in [5.74, 6) is -1.90. The molecule has 1 amide bonds. The summed E-state index contributed by atoms with van der Waals surface area (Å²) in [5.41, 5.74) is 4.82. The molecule has 2 heterocycles. The molecule has 7 heteroatoms. The molecule has 0 saturated heterocycles. The molecule has 3 N–H and O–H groups in total. The number of hydrogen-bond donors (Lipinski definition) is 2. The maximum absolute atomic E-state index is 13.0. The third-order valence-electron chi connectivity index (χ3n) is 3.49. The van der Waals surface area contributed by atoms with Crippen molar-refractivity contribution in [3.05, 3.63) is 69.9 Å². The van der Waals surface area contributed by atoms with Crippen LogP contribution in [-0.4, -0.2) is 20.6 Å². The molecule has 2 aromatic heterocycles. The number of carbonyl (C=O) groups is 1. The molecule has 0 spiro atoms. The van der Waals surface area contributed by atoms with E-state index in [1.807, 2.05) is 0 Å². The molecule has 0 bridgehead atoms. The van der Waals surface area contributed by atoms with Gasteiger partial charge in [-0.3, -0.25) is 14.2 Å². The lowest BCUT2D eigenvalue weighted by molar-refractivity contribution is 0.0996. The molecular weight excluding hydrogens is 301 g/mol. The summed E-state index contributed by atoms with van der Waals surface area (Å²) in [7, 11) is 0. The Morgan fingerprint density at radius 2 is 1.96 bits per heavy atom.